The summed E-state index contributed by atoms with van der Waals surface area (Å²) in [6.45, 7) is 1.21. The standard InChI is InChI=1S/C10H10BrF2NO/c1-6-4-7(2-3-8(6)11)10(15)14-5-9(12)13/h2-4,9H,5H2,1H3,(H,14,15). The zero-order valence-corrected chi connectivity index (χ0v) is 9.64. The van der Waals surface area contributed by atoms with Crippen LogP contribution in [0.25, 0.3) is 0 Å². The van der Waals surface area contributed by atoms with Crippen molar-refractivity contribution in [1.29, 1.82) is 0 Å². The molecule has 0 aromatic heterocycles. The topological polar surface area (TPSA) is 29.1 Å². The van der Waals surface area contributed by atoms with E-state index in [1.165, 1.54) is 0 Å². The second kappa shape index (κ2) is 5.21. The highest BCUT2D eigenvalue weighted by molar-refractivity contribution is 9.10. The summed E-state index contributed by atoms with van der Waals surface area (Å²) in [6, 6.07) is 4.94. The molecule has 0 unspecified atom stereocenters. The Kier molecular flexibility index (Phi) is 4.20. The van der Waals surface area contributed by atoms with Gasteiger partial charge in [-0.3, -0.25) is 4.79 Å². The number of hydrogen-bond donors (Lipinski definition) is 1. The van der Waals surface area contributed by atoms with Crippen LogP contribution in [-0.2, 0) is 0 Å². The molecule has 0 spiro atoms. The maximum atomic E-state index is 11.8. The van der Waals surface area contributed by atoms with Crippen LogP contribution >= 0.6 is 15.9 Å². The summed E-state index contributed by atoms with van der Waals surface area (Å²) in [6.07, 6.45) is -2.52. The number of alkyl halides is 2. The molecule has 0 bridgehead atoms. The molecular weight excluding hydrogens is 268 g/mol. The van der Waals surface area contributed by atoms with Crippen molar-refractivity contribution in [2.24, 2.45) is 0 Å². The molecule has 1 amide bonds. The second-order valence-corrected chi connectivity index (χ2v) is 3.92. The van der Waals surface area contributed by atoms with Gasteiger partial charge in [0.2, 0.25) is 0 Å². The summed E-state index contributed by atoms with van der Waals surface area (Å²) >= 11 is 3.29. The van der Waals surface area contributed by atoms with E-state index in [2.05, 4.69) is 21.2 Å². The van der Waals surface area contributed by atoms with E-state index in [0.29, 0.717) is 5.56 Å². The lowest BCUT2D eigenvalue weighted by molar-refractivity contribution is 0.0891. The first-order valence-corrected chi connectivity index (χ1v) is 5.12. The zero-order valence-electron chi connectivity index (χ0n) is 8.06. The monoisotopic (exact) mass is 277 g/mol. The third-order valence-electron chi connectivity index (χ3n) is 1.84. The van der Waals surface area contributed by atoms with Gasteiger partial charge in [0.15, 0.2) is 0 Å². The van der Waals surface area contributed by atoms with E-state index in [9.17, 15) is 13.6 Å². The van der Waals surface area contributed by atoms with Gasteiger partial charge in [-0.25, -0.2) is 8.78 Å². The Morgan fingerprint density at radius 3 is 2.73 bits per heavy atom. The lowest BCUT2D eigenvalue weighted by Gasteiger charge is -2.05. The molecule has 1 N–H and O–H groups in total. The molecule has 82 valence electrons. The van der Waals surface area contributed by atoms with E-state index in [-0.39, 0.29) is 0 Å². The molecule has 0 saturated heterocycles. The van der Waals surface area contributed by atoms with Crippen LogP contribution in [0.5, 0.6) is 0 Å². The Balaban J connectivity index is 2.70. The molecule has 0 radical (unpaired) electrons. The third kappa shape index (κ3) is 3.58. The fraction of sp³-hybridized carbons (Fsp3) is 0.300. The Morgan fingerprint density at radius 2 is 2.20 bits per heavy atom. The highest BCUT2D eigenvalue weighted by Crippen LogP contribution is 2.16. The lowest BCUT2D eigenvalue weighted by Crippen LogP contribution is -2.28. The summed E-state index contributed by atoms with van der Waals surface area (Å²) in [5.41, 5.74) is 1.27. The predicted octanol–water partition coefficient (Wildman–Crippen LogP) is 2.75. The van der Waals surface area contributed by atoms with E-state index < -0.39 is 18.9 Å². The number of hydrogen-bond acceptors (Lipinski definition) is 1. The molecule has 0 aliphatic rings. The van der Waals surface area contributed by atoms with Crippen molar-refractivity contribution in [3.63, 3.8) is 0 Å². The van der Waals surface area contributed by atoms with Gasteiger partial charge in [-0.2, -0.15) is 0 Å². The molecule has 0 saturated carbocycles. The van der Waals surface area contributed by atoms with Crippen LogP contribution in [0.15, 0.2) is 22.7 Å². The van der Waals surface area contributed by atoms with E-state index in [4.69, 9.17) is 0 Å². The molecule has 0 atom stereocenters. The third-order valence-corrected chi connectivity index (χ3v) is 2.73. The fourth-order valence-corrected chi connectivity index (χ4v) is 1.30. The van der Waals surface area contributed by atoms with Gasteiger partial charge in [0.1, 0.15) is 0 Å². The molecule has 5 heteroatoms. The normalized spacial score (nSPS) is 10.5. The largest absolute Gasteiger partial charge is 0.346 e. The van der Waals surface area contributed by atoms with Gasteiger partial charge in [0.25, 0.3) is 12.3 Å². The fourth-order valence-electron chi connectivity index (χ4n) is 1.06. The molecular formula is C10H10BrF2NO. The molecule has 0 heterocycles. The SMILES string of the molecule is Cc1cc(C(=O)NCC(F)F)ccc1Br. The van der Waals surface area contributed by atoms with Gasteiger partial charge >= 0.3 is 0 Å². The van der Waals surface area contributed by atoms with Crippen molar-refractivity contribution in [2.75, 3.05) is 6.54 Å². The van der Waals surface area contributed by atoms with Crippen molar-refractivity contribution in [3.05, 3.63) is 33.8 Å². The average Bonchev–Trinajstić information content (AvgIpc) is 2.18. The minimum Gasteiger partial charge on any atom is -0.346 e. The summed E-state index contributed by atoms with van der Waals surface area (Å²) in [5.74, 6) is -0.481. The number of rotatable bonds is 3. The van der Waals surface area contributed by atoms with E-state index in [1.807, 2.05) is 6.92 Å². The van der Waals surface area contributed by atoms with Gasteiger partial charge in [0, 0.05) is 10.0 Å². The number of carbonyl (C=O) groups is 1. The molecule has 0 fully saturated rings. The van der Waals surface area contributed by atoms with Gasteiger partial charge < -0.3 is 5.32 Å². The first-order chi connectivity index (χ1) is 7.00. The van der Waals surface area contributed by atoms with Crippen molar-refractivity contribution in [1.82, 2.24) is 5.32 Å². The summed E-state index contributed by atoms with van der Waals surface area (Å²) in [5, 5.41) is 2.14. The smallest absolute Gasteiger partial charge is 0.255 e. The molecule has 0 aliphatic carbocycles. The average molecular weight is 278 g/mol. The van der Waals surface area contributed by atoms with Crippen LogP contribution in [-0.4, -0.2) is 18.9 Å². The summed E-state index contributed by atoms with van der Waals surface area (Å²) in [4.78, 5) is 11.4. The van der Waals surface area contributed by atoms with Gasteiger partial charge in [-0.15, -0.1) is 0 Å². The number of amides is 1. The maximum Gasteiger partial charge on any atom is 0.255 e. The van der Waals surface area contributed by atoms with Crippen LogP contribution in [0, 0.1) is 6.92 Å². The quantitative estimate of drug-likeness (QED) is 0.905. The van der Waals surface area contributed by atoms with E-state index >= 15 is 0 Å². The van der Waals surface area contributed by atoms with E-state index in [0.717, 1.165) is 10.0 Å². The van der Waals surface area contributed by atoms with Gasteiger partial charge in [0.05, 0.1) is 6.54 Å². The van der Waals surface area contributed by atoms with Crippen LogP contribution in [0.2, 0.25) is 0 Å². The molecule has 1 aromatic carbocycles. The molecule has 15 heavy (non-hydrogen) atoms. The first kappa shape index (κ1) is 12.1. The predicted molar refractivity (Wildman–Crippen MR) is 57.2 cm³/mol. The number of aryl methyl sites for hydroxylation is 1. The molecule has 1 aromatic rings. The van der Waals surface area contributed by atoms with Gasteiger partial charge in [-0.05, 0) is 30.7 Å². The summed E-state index contributed by atoms with van der Waals surface area (Å²) < 4.78 is 24.5. The van der Waals surface area contributed by atoms with Crippen molar-refractivity contribution in [3.8, 4) is 0 Å². The Morgan fingerprint density at radius 1 is 1.53 bits per heavy atom. The number of nitrogens with one attached hydrogen (secondary N) is 1. The lowest BCUT2D eigenvalue weighted by atomic mass is 10.1. The Bertz CT molecular complexity index is 368. The van der Waals surface area contributed by atoms with E-state index in [1.54, 1.807) is 18.2 Å². The highest BCUT2D eigenvalue weighted by atomic mass is 79.9. The van der Waals surface area contributed by atoms with Crippen molar-refractivity contribution >= 4 is 21.8 Å². The molecule has 0 aliphatic heterocycles. The van der Waals surface area contributed by atoms with Crippen molar-refractivity contribution < 1.29 is 13.6 Å². The van der Waals surface area contributed by atoms with Crippen LogP contribution in [0.4, 0.5) is 8.78 Å². The van der Waals surface area contributed by atoms with Gasteiger partial charge in [-0.1, -0.05) is 15.9 Å². The summed E-state index contributed by atoms with van der Waals surface area (Å²) in [7, 11) is 0. The zero-order chi connectivity index (χ0) is 11.4. The Labute approximate surface area is 94.8 Å². The van der Waals surface area contributed by atoms with Crippen LogP contribution in [0.3, 0.4) is 0 Å². The number of benzene rings is 1. The first-order valence-electron chi connectivity index (χ1n) is 4.33. The number of halogens is 3. The van der Waals surface area contributed by atoms with Crippen molar-refractivity contribution in [2.45, 2.75) is 13.3 Å². The minimum atomic E-state index is -2.52. The second-order valence-electron chi connectivity index (χ2n) is 3.07. The van der Waals surface area contributed by atoms with Crippen LogP contribution < -0.4 is 5.32 Å². The molecule has 2 nitrogen and oxygen atoms in total. The minimum absolute atomic E-state index is 0.386. The van der Waals surface area contributed by atoms with Crippen LogP contribution in [0.1, 0.15) is 15.9 Å². The molecule has 1 rings (SSSR count). The highest BCUT2D eigenvalue weighted by Gasteiger charge is 2.09. The number of carbonyl (C=O) groups excluding carboxylic acids is 1. The Hall–Kier alpha value is -0.970. The maximum absolute atomic E-state index is 11.8.